The Morgan fingerprint density at radius 3 is 2.43 bits per heavy atom. The summed E-state index contributed by atoms with van der Waals surface area (Å²) in [6, 6.07) is 18.3. The zero-order valence-corrected chi connectivity index (χ0v) is 16.7. The molecule has 4 nitrogen and oxygen atoms in total. The third-order valence-electron chi connectivity index (χ3n) is 4.51. The second-order valence-electron chi connectivity index (χ2n) is 7.04. The zero-order chi connectivity index (χ0) is 19.5. The molecular formula is C23H21ClN4. The van der Waals surface area contributed by atoms with Gasteiger partial charge in [0, 0.05) is 34.6 Å². The Morgan fingerprint density at radius 1 is 0.929 bits per heavy atom. The molecule has 4 aromatic rings. The molecule has 140 valence electrons. The standard InChI is InChI=1S/C23H21ClN4/c1-16-13-25-28(14-16)15-19-8-6-18(7-9-19)11-22-10-17(2)26-23(27-22)20-4-3-5-21(24)12-20/h3-10,12-14H,11,15H2,1-2H3. The van der Waals surface area contributed by atoms with Crippen LogP contribution in [0.4, 0.5) is 0 Å². The summed E-state index contributed by atoms with van der Waals surface area (Å²) < 4.78 is 1.95. The van der Waals surface area contributed by atoms with E-state index in [1.807, 2.05) is 55.1 Å². The van der Waals surface area contributed by atoms with Crippen LogP contribution in [0.25, 0.3) is 11.4 Å². The Balaban J connectivity index is 1.52. The molecule has 0 aliphatic carbocycles. The second-order valence-corrected chi connectivity index (χ2v) is 7.48. The Bertz CT molecular complexity index is 1100. The Kier molecular flexibility index (Phi) is 5.22. The number of aryl methyl sites for hydroxylation is 2. The molecule has 0 radical (unpaired) electrons. The highest BCUT2D eigenvalue weighted by atomic mass is 35.5. The van der Waals surface area contributed by atoms with E-state index in [0.29, 0.717) is 10.8 Å². The fourth-order valence-corrected chi connectivity index (χ4v) is 3.38. The van der Waals surface area contributed by atoms with Crippen molar-refractivity contribution in [2.75, 3.05) is 0 Å². The first-order chi connectivity index (χ1) is 13.5. The lowest BCUT2D eigenvalue weighted by atomic mass is 10.1. The van der Waals surface area contributed by atoms with Gasteiger partial charge in [-0.05, 0) is 48.7 Å². The molecular weight excluding hydrogens is 368 g/mol. The zero-order valence-electron chi connectivity index (χ0n) is 15.9. The molecule has 0 amide bonds. The maximum atomic E-state index is 6.12. The van der Waals surface area contributed by atoms with E-state index >= 15 is 0 Å². The number of aromatic nitrogens is 4. The molecule has 0 unspecified atom stereocenters. The quantitative estimate of drug-likeness (QED) is 0.469. The summed E-state index contributed by atoms with van der Waals surface area (Å²) in [5.41, 5.74) is 6.50. The Labute approximate surface area is 169 Å². The minimum absolute atomic E-state index is 0.687. The van der Waals surface area contributed by atoms with Crippen molar-refractivity contribution in [3.8, 4) is 11.4 Å². The van der Waals surface area contributed by atoms with Crippen molar-refractivity contribution in [3.63, 3.8) is 0 Å². The molecule has 4 rings (SSSR count). The van der Waals surface area contributed by atoms with E-state index in [0.717, 1.165) is 29.9 Å². The van der Waals surface area contributed by atoms with Crippen LogP contribution in [-0.4, -0.2) is 19.7 Å². The number of hydrogen-bond donors (Lipinski definition) is 0. The average Bonchev–Trinajstić information content (AvgIpc) is 3.08. The summed E-state index contributed by atoms with van der Waals surface area (Å²) in [5, 5.41) is 5.03. The molecule has 0 bridgehead atoms. The van der Waals surface area contributed by atoms with E-state index in [4.69, 9.17) is 16.6 Å². The topological polar surface area (TPSA) is 43.6 Å². The highest BCUT2D eigenvalue weighted by Gasteiger charge is 2.07. The number of hydrogen-bond acceptors (Lipinski definition) is 3. The van der Waals surface area contributed by atoms with Crippen LogP contribution in [-0.2, 0) is 13.0 Å². The van der Waals surface area contributed by atoms with Gasteiger partial charge >= 0.3 is 0 Å². The molecule has 0 saturated heterocycles. The fraction of sp³-hybridized carbons (Fsp3) is 0.174. The van der Waals surface area contributed by atoms with Crippen LogP contribution in [0.5, 0.6) is 0 Å². The van der Waals surface area contributed by atoms with Crippen LogP contribution in [0, 0.1) is 13.8 Å². The molecule has 0 spiro atoms. The first kappa shape index (κ1) is 18.4. The lowest BCUT2D eigenvalue weighted by Crippen LogP contribution is -2.01. The van der Waals surface area contributed by atoms with Gasteiger partial charge in [-0.3, -0.25) is 4.68 Å². The maximum absolute atomic E-state index is 6.12. The number of nitrogens with zero attached hydrogens (tertiary/aromatic N) is 4. The van der Waals surface area contributed by atoms with E-state index < -0.39 is 0 Å². The first-order valence-electron chi connectivity index (χ1n) is 9.22. The van der Waals surface area contributed by atoms with E-state index in [9.17, 15) is 0 Å². The Hall–Kier alpha value is -2.98. The summed E-state index contributed by atoms with van der Waals surface area (Å²) in [6.45, 7) is 4.82. The highest BCUT2D eigenvalue weighted by molar-refractivity contribution is 6.30. The molecule has 2 aromatic heterocycles. The van der Waals surface area contributed by atoms with Crippen molar-refractivity contribution in [2.24, 2.45) is 0 Å². The van der Waals surface area contributed by atoms with Crippen LogP contribution in [0.15, 0.2) is 67.0 Å². The number of halogens is 1. The normalized spacial score (nSPS) is 11.0. The highest BCUT2D eigenvalue weighted by Crippen LogP contribution is 2.21. The van der Waals surface area contributed by atoms with Gasteiger partial charge in [0.25, 0.3) is 0 Å². The van der Waals surface area contributed by atoms with E-state index in [1.165, 1.54) is 16.7 Å². The molecule has 2 heterocycles. The monoisotopic (exact) mass is 388 g/mol. The molecule has 2 aromatic carbocycles. The third-order valence-corrected chi connectivity index (χ3v) is 4.74. The summed E-state index contributed by atoms with van der Waals surface area (Å²) in [6.07, 6.45) is 4.69. The van der Waals surface area contributed by atoms with Crippen molar-refractivity contribution in [3.05, 3.63) is 100 Å². The average molecular weight is 389 g/mol. The summed E-state index contributed by atoms with van der Waals surface area (Å²) in [4.78, 5) is 9.32. The molecule has 0 saturated carbocycles. The van der Waals surface area contributed by atoms with Crippen LogP contribution in [0.3, 0.4) is 0 Å². The summed E-state index contributed by atoms with van der Waals surface area (Å²) in [5.74, 6) is 0.711. The van der Waals surface area contributed by atoms with E-state index in [2.05, 4.69) is 40.5 Å². The molecule has 0 aliphatic heterocycles. The second kappa shape index (κ2) is 7.95. The van der Waals surface area contributed by atoms with Gasteiger partial charge in [0.2, 0.25) is 0 Å². The molecule has 5 heteroatoms. The van der Waals surface area contributed by atoms with Gasteiger partial charge < -0.3 is 0 Å². The van der Waals surface area contributed by atoms with E-state index in [-0.39, 0.29) is 0 Å². The lowest BCUT2D eigenvalue weighted by molar-refractivity contribution is 0.686. The summed E-state index contributed by atoms with van der Waals surface area (Å²) in [7, 11) is 0. The predicted octanol–water partition coefficient (Wildman–Crippen LogP) is 5.25. The Morgan fingerprint density at radius 2 is 1.71 bits per heavy atom. The van der Waals surface area contributed by atoms with Crippen molar-refractivity contribution >= 4 is 11.6 Å². The third kappa shape index (κ3) is 4.46. The molecule has 0 aliphatic rings. The number of rotatable bonds is 5. The lowest BCUT2D eigenvalue weighted by Gasteiger charge is -2.08. The first-order valence-corrected chi connectivity index (χ1v) is 9.60. The van der Waals surface area contributed by atoms with Crippen molar-refractivity contribution in [1.82, 2.24) is 19.7 Å². The molecule has 0 atom stereocenters. The predicted molar refractivity (Wildman–Crippen MR) is 113 cm³/mol. The van der Waals surface area contributed by atoms with E-state index in [1.54, 1.807) is 0 Å². The van der Waals surface area contributed by atoms with Crippen LogP contribution in [0.2, 0.25) is 5.02 Å². The molecule has 0 fully saturated rings. The minimum Gasteiger partial charge on any atom is -0.268 e. The van der Waals surface area contributed by atoms with Crippen molar-refractivity contribution in [2.45, 2.75) is 26.8 Å². The van der Waals surface area contributed by atoms with Gasteiger partial charge in [0.05, 0.1) is 12.7 Å². The summed E-state index contributed by atoms with van der Waals surface area (Å²) >= 11 is 6.12. The smallest absolute Gasteiger partial charge is 0.159 e. The largest absolute Gasteiger partial charge is 0.268 e. The van der Waals surface area contributed by atoms with Gasteiger partial charge in [-0.15, -0.1) is 0 Å². The maximum Gasteiger partial charge on any atom is 0.159 e. The van der Waals surface area contributed by atoms with Crippen LogP contribution >= 0.6 is 11.6 Å². The van der Waals surface area contributed by atoms with Gasteiger partial charge in [-0.25, -0.2) is 9.97 Å². The fourth-order valence-electron chi connectivity index (χ4n) is 3.19. The van der Waals surface area contributed by atoms with Gasteiger partial charge in [0.1, 0.15) is 0 Å². The van der Waals surface area contributed by atoms with Gasteiger partial charge in [-0.1, -0.05) is 48.0 Å². The van der Waals surface area contributed by atoms with Crippen LogP contribution in [0.1, 0.15) is 28.1 Å². The number of benzene rings is 2. The van der Waals surface area contributed by atoms with Crippen molar-refractivity contribution in [1.29, 1.82) is 0 Å². The molecule has 28 heavy (non-hydrogen) atoms. The molecule has 0 N–H and O–H groups in total. The van der Waals surface area contributed by atoms with Crippen molar-refractivity contribution < 1.29 is 0 Å². The van der Waals surface area contributed by atoms with Gasteiger partial charge in [-0.2, -0.15) is 5.10 Å². The van der Waals surface area contributed by atoms with Crippen LogP contribution < -0.4 is 0 Å². The minimum atomic E-state index is 0.687. The SMILES string of the molecule is Cc1cnn(Cc2ccc(Cc3cc(C)nc(-c4cccc(Cl)c4)n3)cc2)c1. The van der Waals surface area contributed by atoms with Gasteiger partial charge in [0.15, 0.2) is 5.82 Å².